The molecule has 2 aromatic carbocycles. The second kappa shape index (κ2) is 18.6. The quantitative estimate of drug-likeness (QED) is 0.225. The molecule has 8 nitrogen and oxygen atoms in total. The second-order valence-electron chi connectivity index (χ2n) is 14.4. The molecule has 2 aliphatic heterocycles. The van der Waals surface area contributed by atoms with Gasteiger partial charge in [-0.15, -0.1) is 0 Å². The van der Waals surface area contributed by atoms with Crippen molar-refractivity contribution in [2.45, 2.75) is 103 Å². The number of hydrogen-bond acceptors (Lipinski definition) is 4. The van der Waals surface area contributed by atoms with Crippen LogP contribution in [-0.4, -0.2) is 85.8 Å². The van der Waals surface area contributed by atoms with Gasteiger partial charge in [0.1, 0.15) is 0 Å². The van der Waals surface area contributed by atoms with Gasteiger partial charge in [-0.3, -0.25) is 29.0 Å². The molecule has 2 spiro atoms. The molecule has 50 heavy (non-hydrogen) atoms. The van der Waals surface area contributed by atoms with E-state index < -0.39 is 10.8 Å². The zero-order valence-corrected chi connectivity index (χ0v) is 32.1. The van der Waals surface area contributed by atoms with Crippen molar-refractivity contribution in [3.8, 4) is 0 Å². The van der Waals surface area contributed by atoms with E-state index in [0.717, 1.165) is 102 Å². The first-order valence-corrected chi connectivity index (χ1v) is 18.8. The highest BCUT2D eigenvalue weighted by Gasteiger charge is 2.55. The number of imide groups is 2. The zero-order valence-electron chi connectivity index (χ0n) is 30.6. The first kappa shape index (κ1) is 41.6. The topological polar surface area (TPSA) is 83.6 Å². The Kier molecular flexibility index (Phi) is 15.5. The molecule has 2 saturated heterocycles. The van der Waals surface area contributed by atoms with E-state index in [1.54, 1.807) is 9.80 Å². The summed E-state index contributed by atoms with van der Waals surface area (Å²) >= 11 is 0. The van der Waals surface area contributed by atoms with Gasteiger partial charge in [-0.25, -0.2) is 0 Å². The minimum Gasteiger partial charge on any atom is -1.00 e. The number of amides is 4. The van der Waals surface area contributed by atoms with Crippen molar-refractivity contribution in [3.05, 3.63) is 70.8 Å². The lowest BCUT2D eigenvalue weighted by Gasteiger charge is -2.33. The van der Waals surface area contributed by atoms with Crippen LogP contribution in [0.3, 0.4) is 0 Å². The molecule has 2 fully saturated rings. The van der Waals surface area contributed by atoms with E-state index in [2.05, 4.69) is 52.0 Å². The van der Waals surface area contributed by atoms with Gasteiger partial charge in [-0.2, -0.15) is 0 Å². The van der Waals surface area contributed by atoms with Crippen LogP contribution in [0.1, 0.15) is 101 Å². The Hall–Kier alpha value is -2.78. The van der Waals surface area contributed by atoms with Crippen LogP contribution in [0.25, 0.3) is 0 Å². The summed E-state index contributed by atoms with van der Waals surface area (Å²) in [5.74, 6) is 0.140. The van der Waals surface area contributed by atoms with Crippen LogP contribution in [0.2, 0.25) is 0 Å². The molecular weight excluding hydrogens is 671 g/mol. The number of hydrogen-bond donors (Lipinski definition) is 2. The lowest BCUT2D eigenvalue weighted by molar-refractivity contribution is -0.896. The number of rotatable bonds is 12. The average molecular weight is 730 g/mol. The van der Waals surface area contributed by atoms with Crippen molar-refractivity contribution in [2.24, 2.45) is 0 Å². The minimum absolute atomic E-state index is 0. The maximum atomic E-state index is 13.2. The zero-order chi connectivity index (χ0) is 34.3. The Morgan fingerprint density at radius 1 is 0.580 bits per heavy atom. The van der Waals surface area contributed by atoms with Gasteiger partial charge in [0, 0.05) is 38.8 Å². The maximum Gasteiger partial charge on any atom is 0.240 e. The van der Waals surface area contributed by atoms with Crippen LogP contribution in [0.15, 0.2) is 48.5 Å². The van der Waals surface area contributed by atoms with Crippen LogP contribution in [0, 0.1) is 0 Å². The summed E-state index contributed by atoms with van der Waals surface area (Å²) < 4.78 is 0. The summed E-state index contributed by atoms with van der Waals surface area (Å²) in [6.45, 7) is 16.3. The first-order chi connectivity index (χ1) is 23.2. The average Bonchev–Trinajstić information content (AvgIpc) is 3.49. The number of halogens is 2. The molecule has 4 aliphatic rings. The van der Waals surface area contributed by atoms with Crippen LogP contribution in [-0.2, 0) is 42.8 Å². The third-order valence-electron chi connectivity index (χ3n) is 11.8. The largest absolute Gasteiger partial charge is 1.00 e. The fourth-order valence-corrected chi connectivity index (χ4v) is 8.89. The Balaban J connectivity index is 0.000000260. The van der Waals surface area contributed by atoms with E-state index in [0.29, 0.717) is 25.9 Å². The van der Waals surface area contributed by atoms with Crippen molar-refractivity contribution < 1.29 is 53.8 Å². The highest BCUT2D eigenvalue weighted by Crippen LogP contribution is 2.46. The van der Waals surface area contributed by atoms with Crippen molar-refractivity contribution in [1.82, 2.24) is 9.80 Å². The third kappa shape index (κ3) is 8.30. The summed E-state index contributed by atoms with van der Waals surface area (Å²) in [7, 11) is 0. The molecule has 2 N–H and O–H groups in total. The fourth-order valence-electron chi connectivity index (χ4n) is 8.89. The minimum atomic E-state index is -0.575. The number of aryl methyl sites for hydroxylation is 2. The van der Waals surface area contributed by atoms with Crippen molar-refractivity contribution >= 4 is 23.6 Å². The summed E-state index contributed by atoms with van der Waals surface area (Å²) in [5.41, 5.74) is 3.55. The number of nitrogens with zero attached hydrogens (tertiary/aromatic N) is 2. The predicted molar refractivity (Wildman–Crippen MR) is 188 cm³/mol. The molecule has 2 aromatic rings. The van der Waals surface area contributed by atoms with Gasteiger partial charge >= 0.3 is 0 Å². The maximum absolute atomic E-state index is 13.2. The molecule has 276 valence electrons. The van der Waals surface area contributed by atoms with E-state index in [9.17, 15) is 19.2 Å². The van der Waals surface area contributed by atoms with Crippen LogP contribution >= 0.6 is 0 Å². The molecule has 0 aromatic heterocycles. The molecule has 6 rings (SSSR count). The van der Waals surface area contributed by atoms with E-state index in [-0.39, 0.29) is 48.4 Å². The molecule has 2 atom stereocenters. The molecule has 0 unspecified atom stereocenters. The third-order valence-corrected chi connectivity index (χ3v) is 11.8. The van der Waals surface area contributed by atoms with E-state index >= 15 is 0 Å². The predicted octanol–water partition coefficient (Wildman–Crippen LogP) is -3.32. The fraction of sp³-hybridized carbons (Fsp3) is 0.600. The number of carbonyl (C=O) groups excluding carboxylic acids is 4. The van der Waals surface area contributed by atoms with Crippen molar-refractivity contribution in [3.63, 3.8) is 0 Å². The lowest BCUT2D eigenvalue weighted by Crippen LogP contribution is -3.11. The van der Waals surface area contributed by atoms with E-state index in [1.165, 1.54) is 20.9 Å². The van der Waals surface area contributed by atoms with Gasteiger partial charge in [0.15, 0.2) is 0 Å². The highest BCUT2D eigenvalue weighted by atomic mass is 35.5. The first-order valence-electron chi connectivity index (χ1n) is 18.8. The molecule has 2 aliphatic carbocycles. The van der Waals surface area contributed by atoms with Crippen LogP contribution < -0.4 is 34.6 Å². The number of likely N-dealkylation sites (tertiary alicyclic amines) is 2. The summed E-state index contributed by atoms with van der Waals surface area (Å²) in [5, 5.41) is 0. The molecule has 4 amide bonds. The Labute approximate surface area is 312 Å². The summed E-state index contributed by atoms with van der Waals surface area (Å²) in [6.07, 6.45) is 8.16. The standard InChI is InChI=1S/2C20H28N2O2.2ClH/c2*1-3-21(4-2)13-8-14-22-18(23)15-20(19(22)24)12-7-10-16-9-5-6-11-17(16)20;;/h2*5-6,9,11H,3-4,7-8,10,12-15H2,1-2H3;2*1H/t2*20-;;/m00../s1. The van der Waals surface area contributed by atoms with E-state index in [4.69, 9.17) is 0 Å². The van der Waals surface area contributed by atoms with Crippen molar-refractivity contribution in [1.29, 1.82) is 0 Å². The second-order valence-corrected chi connectivity index (χ2v) is 14.4. The molecular formula is C40H58Cl2N4O4. The Morgan fingerprint density at radius 3 is 1.30 bits per heavy atom. The molecule has 0 bridgehead atoms. The summed E-state index contributed by atoms with van der Waals surface area (Å²) in [6, 6.07) is 16.4. The van der Waals surface area contributed by atoms with Gasteiger partial charge in [-0.05, 0) is 88.5 Å². The SMILES string of the molecule is CC[NH+](CC)CCCN1C(=O)C[C@]2(CCCc3ccccc32)C1=O.CC[NH+](CC)CCCN1C(=O)C[C@]2(CCCc3ccccc32)C1=O.[Cl-].[Cl-]. The number of carbonyl (C=O) groups is 4. The Morgan fingerprint density at radius 2 is 0.940 bits per heavy atom. The van der Waals surface area contributed by atoms with Gasteiger partial charge in [0.05, 0.1) is 50.1 Å². The Bertz CT molecular complexity index is 1370. The van der Waals surface area contributed by atoms with Crippen molar-refractivity contribution in [2.75, 3.05) is 52.4 Å². The van der Waals surface area contributed by atoms with Gasteiger partial charge in [0.2, 0.25) is 23.6 Å². The molecule has 0 saturated carbocycles. The van der Waals surface area contributed by atoms with Crippen LogP contribution in [0.5, 0.6) is 0 Å². The van der Waals surface area contributed by atoms with E-state index in [1.807, 2.05) is 24.3 Å². The number of nitrogens with one attached hydrogen (secondary N) is 2. The normalized spacial score (nSPS) is 22.4. The van der Waals surface area contributed by atoms with Gasteiger partial charge in [-0.1, -0.05) is 48.5 Å². The smallest absolute Gasteiger partial charge is 0.240 e. The molecule has 0 radical (unpaired) electrons. The number of fused-ring (bicyclic) bond motifs is 4. The highest BCUT2D eigenvalue weighted by molar-refractivity contribution is 6.10. The number of quaternary nitrogens is 2. The molecule has 2 heterocycles. The summed E-state index contributed by atoms with van der Waals surface area (Å²) in [4.78, 5) is 57.6. The monoisotopic (exact) mass is 728 g/mol. The lowest BCUT2D eigenvalue weighted by atomic mass is 9.69. The van der Waals surface area contributed by atoms with Gasteiger partial charge < -0.3 is 34.6 Å². The molecule has 10 heteroatoms. The number of benzene rings is 2. The van der Waals surface area contributed by atoms with Gasteiger partial charge in [0.25, 0.3) is 0 Å². The van der Waals surface area contributed by atoms with Crippen LogP contribution in [0.4, 0.5) is 0 Å².